The van der Waals surface area contributed by atoms with Crippen LogP contribution in [0.3, 0.4) is 0 Å². The van der Waals surface area contributed by atoms with Gasteiger partial charge in [0.2, 0.25) is 0 Å². The van der Waals surface area contributed by atoms with Crippen molar-refractivity contribution in [3.05, 3.63) is 0 Å². The quantitative estimate of drug-likeness (QED) is 0.0222. The van der Waals surface area contributed by atoms with Gasteiger partial charge in [-0.3, -0.25) is 37.3 Å². The minimum atomic E-state index is -4.95. The van der Waals surface area contributed by atoms with Crippen LogP contribution in [0, 0.1) is 17.8 Å². The van der Waals surface area contributed by atoms with Gasteiger partial charge < -0.3 is 33.8 Å². The van der Waals surface area contributed by atoms with Gasteiger partial charge >= 0.3 is 39.5 Å². The van der Waals surface area contributed by atoms with E-state index in [1.165, 1.54) is 122 Å². The number of hydrogen-bond acceptors (Lipinski definition) is 15. The van der Waals surface area contributed by atoms with E-state index in [0.29, 0.717) is 25.7 Å². The van der Waals surface area contributed by atoms with E-state index < -0.39 is 97.5 Å². The third kappa shape index (κ3) is 59.0. The first-order valence-corrected chi connectivity index (χ1v) is 36.8. The maximum Gasteiger partial charge on any atom is 0.472 e. The Hall–Kier alpha value is -1.94. The first-order valence-electron chi connectivity index (χ1n) is 33.8. The Morgan fingerprint density at radius 2 is 0.548 bits per heavy atom. The molecule has 498 valence electrons. The maximum absolute atomic E-state index is 13.0. The number of hydrogen-bond donors (Lipinski definition) is 3. The molecule has 0 aliphatic rings. The molecule has 5 atom stereocenters. The highest BCUT2D eigenvalue weighted by molar-refractivity contribution is 7.47. The van der Waals surface area contributed by atoms with Gasteiger partial charge in [0.15, 0.2) is 12.2 Å². The zero-order chi connectivity index (χ0) is 62.4. The van der Waals surface area contributed by atoms with Crippen LogP contribution < -0.4 is 0 Å². The van der Waals surface area contributed by atoms with Crippen molar-refractivity contribution in [2.75, 3.05) is 39.6 Å². The molecular formula is C65H126O17P2. The molecule has 0 aliphatic carbocycles. The first-order chi connectivity index (χ1) is 40.2. The van der Waals surface area contributed by atoms with E-state index in [9.17, 15) is 43.2 Å². The maximum atomic E-state index is 13.0. The van der Waals surface area contributed by atoms with Gasteiger partial charge in [0, 0.05) is 25.7 Å². The number of unbranched alkanes of at least 4 members (excludes halogenated alkanes) is 31. The Labute approximate surface area is 511 Å². The number of ether oxygens (including phenoxy) is 4. The Bertz CT molecular complexity index is 1660. The molecule has 0 heterocycles. The number of carbonyl (C=O) groups is 4. The van der Waals surface area contributed by atoms with Crippen LogP contribution in [0.4, 0.5) is 0 Å². The highest BCUT2D eigenvalue weighted by atomic mass is 31.2. The average molecular weight is 1240 g/mol. The molecule has 0 aromatic heterocycles. The largest absolute Gasteiger partial charge is 0.472 e. The summed E-state index contributed by atoms with van der Waals surface area (Å²) in [6, 6.07) is 0. The summed E-state index contributed by atoms with van der Waals surface area (Å²) in [7, 11) is -9.88. The lowest BCUT2D eigenvalue weighted by Crippen LogP contribution is -2.30. The third-order valence-corrected chi connectivity index (χ3v) is 16.8. The van der Waals surface area contributed by atoms with Gasteiger partial charge in [-0.25, -0.2) is 9.13 Å². The number of phosphoric ester groups is 2. The molecule has 0 fully saturated rings. The Morgan fingerprint density at radius 1 is 0.321 bits per heavy atom. The molecule has 0 saturated carbocycles. The molecule has 17 nitrogen and oxygen atoms in total. The average Bonchev–Trinajstić information content (AvgIpc) is 3.58. The van der Waals surface area contributed by atoms with Gasteiger partial charge in [-0.05, 0) is 43.4 Å². The van der Waals surface area contributed by atoms with Crippen molar-refractivity contribution in [3.63, 3.8) is 0 Å². The molecule has 0 radical (unpaired) electrons. The van der Waals surface area contributed by atoms with Crippen LogP contribution in [-0.4, -0.2) is 96.7 Å². The van der Waals surface area contributed by atoms with Gasteiger partial charge in [-0.2, -0.15) is 0 Å². The molecule has 0 aromatic carbocycles. The summed E-state index contributed by atoms with van der Waals surface area (Å²) in [5.41, 5.74) is 0. The van der Waals surface area contributed by atoms with Crippen molar-refractivity contribution < 1.29 is 80.2 Å². The van der Waals surface area contributed by atoms with Crippen molar-refractivity contribution in [2.45, 2.75) is 336 Å². The highest BCUT2D eigenvalue weighted by Crippen LogP contribution is 2.45. The lowest BCUT2D eigenvalue weighted by Gasteiger charge is -2.21. The van der Waals surface area contributed by atoms with Crippen molar-refractivity contribution >= 4 is 39.5 Å². The first kappa shape index (κ1) is 82.1. The number of esters is 4. The summed E-state index contributed by atoms with van der Waals surface area (Å²) in [4.78, 5) is 72.0. The molecule has 0 aromatic rings. The summed E-state index contributed by atoms with van der Waals surface area (Å²) in [6.07, 6.45) is 37.9. The van der Waals surface area contributed by atoms with Crippen molar-refractivity contribution in [3.8, 4) is 0 Å². The molecule has 0 spiro atoms. The van der Waals surface area contributed by atoms with E-state index in [4.69, 9.17) is 37.0 Å². The van der Waals surface area contributed by atoms with E-state index in [2.05, 4.69) is 48.5 Å². The van der Waals surface area contributed by atoms with Crippen LogP contribution in [0.1, 0.15) is 318 Å². The molecule has 0 rings (SSSR count). The van der Waals surface area contributed by atoms with Gasteiger partial charge in [0.25, 0.3) is 0 Å². The van der Waals surface area contributed by atoms with Gasteiger partial charge in [-0.15, -0.1) is 0 Å². The lowest BCUT2D eigenvalue weighted by molar-refractivity contribution is -0.161. The second-order valence-electron chi connectivity index (χ2n) is 24.9. The van der Waals surface area contributed by atoms with Crippen LogP contribution in [0.15, 0.2) is 0 Å². The van der Waals surface area contributed by atoms with Crippen LogP contribution in [-0.2, 0) is 65.4 Å². The minimum Gasteiger partial charge on any atom is -0.462 e. The minimum absolute atomic E-state index is 0.103. The Balaban J connectivity index is 5.18. The lowest BCUT2D eigenvalue weighted by atomic mass is 10.0. The van der Waals surface area contributed by atoms with E-state index >= 15 is 0 Å². The fourth-order valence-corrected chi connectivity index (χ4v) is 11.2. The molecule has 0 bridgehead atoms. The fraction of sp³-hybridized carbons (Fsp3) is 0.938. The predicted molar refractivity (Wildman–Crippen MR) is 335 cm³/mol. The van der Waals surface area contributed by atoms with E-state index in [0.717, 1.165) is 114 Å². The van der Waals surface area contributed by atoms with Crippen LogP contribution in [0.2, 0.25) is 0 Å². The molecule has 3 N–H and O–H groups in total. The number of aliphatic hydroxyl groups is 1. The van der Waals surface area contributed by atoms with Crippen molar-refractivity contribution in [1.29, 1.82) is 0 Å². The highest BCUT2D eigenvalue weighted by Gasteiger charge is 2.30. The summed E-state index contributed by atoms with van der Waals surface area (Å²) in [6.45, 7) is 11.7. The summed E-state index contributed by atoms with van der Waals surface area (Å²) < 4.78 is 67.9. The van der Waals surface area contributed by atoms with Crippen molar-refractivity contribution in [2.24, 2.45) is 17.8 Å². The summed E-state index contributed by atoms with van der Waals surface area (Å²) >= 11 is 0. The van der Waals surface area contributed by atoms with Gasteiger partial charge in [0.1, 0.15) is 19.3 Å². The summed E-state index contributed by atoms with van der Waals surface area (Å²) in [5.74, 6) is 0.109. The van der Waals surface area contributed by atoms with Crippen LogP contribution in [0.5, 0.6) is 0 Å². The van der Waals surface area contributed by atoms with Crippen LogP contribution in [0.25, 0.3) is 0 Å². The molecule has 0 amide bonds. The third-order valence-electron chi connectivity index (χ3n) is 14.9. The Morgan fingerprint density at radius 3 is 0.810 bits per heavy atom. The molecule has 0 saturated heterocycles. The smallest absolute Gasteiger partial charge is 0.462 e. The van der Waals surface area contributed by atoms with Crippen LogP contribution >= 0.6 is 15.6 Å². The summed E-state index contributed by atoms with van der Waals surface area (Å²) in [5, 5.41) is 10.5. The normalized spacial score (nSPS) is 14.3. The molecule has 19 heteroatoms. The van der Waals surface area contributed by atoms with Gasteiger partial charge in [0.05, 0.1) is 26.4 Å². The number of aliphatic hydroxyl groups excluding tert-OH is 1. The predicted octanol–water partition coefficient (Wildman–Crippen LogP) is 17.9. The zero-order valence-corrected chi connectivity index (χ0v) is 56.1. The zero-order valence-electron chi connectivity index (χ0n) is 54.4. The van der Waals surface area contributed by atoms with E-state index in [-0.39, 0.29) is 25.7 Å². The molecule has 0 aliphatic heterocycles. The molecular weight excluding hydrogens is 1110 g/mol. The second kappa shape index (κ2) is 56.3. The Kier molecular flexibility index (Phi) is 55.0. The fourth-order valence-electron chi connectivity index (χ4n) is 9.66. The number of carbonyl (C=O) groups excluding carboxylic acids is 4. The monoisotopic (exact) mass is 1240 g/mol. The topological polar surface area (TPSA) is 237 Å². The van der Waals surface area contributed by atoms with E-state index in [1.54, 1.807) is 0 Å². The molecule has 84 heavy (non-hydrogen) atoms. The molecule has 2 unspecified atom stereocenters. The number of phosphoric acid groups is 2. The van der Waals surface area contributed by atoms with E-state index in [1.807, 2.05) is 0 Å². The standard InChI is InChI=1S/C65H126O17P2/c1-8-9-10-29-39-46-62(67)75-52-60(81-65(70)49-42-35-28-22-21-25-32-38-45-58(6)7)54-79-83(71,72)77-50-59(66)51-78-84(73,74)80-55-61(53-76-63(68)47-40-33-26-19-16-15-18-24-31-37-44-57(4)5)82-64(69)48-41-34-27-20-14-12-11-13-17-23-30-36-43-56(2)3/h56-61,66H,8-55H2,1-7H3,(H,71,72)(H,73,74)/t59-,60+,61+/m0/s1. The SMILES string of the molecule is CCCCCCCC(=O)OC[C@H](COP(=O)(O)OC[C@H](O)COP(=O)(O)OC[C@@H](COC(=O)CCCCCCCCCCCCC(C)C)OC(=O)CCCCCCCCCCCCCCC(C)C)OC(=O)CCCCCCCCCCC(C)C. The second-order valence-corrected chi connectivity index (χ2v) is 27.8. The van der Waals surface area contributed by atoms with Crippen molar-refractivity contribution in [1.82, 2.24) is 0 Å². The number of rotatable bonds is 63. The van der Waals surface area contributed by atoms with Gasteiger partial charge in [-0.1, -0.05) is 267 Å².